The first kappa shape index (κ1) is 27.8. The van der Waals surface area contributed by atoms with Crippen LogP contribution in [-0.2, 0) is 10.8 Å². The summed E-state index contributed by atoms with van der Waals surface area (Å²) in [7, 11) is 0. The lowest BCUT2D eigenvalue weighted by molar-refractivity contribution is 0.590. The molecule has 218 valence electrons. The average molecular weight is 575 g/mol. The van der Waals surface area contributed by atoms with Gasteiger partial charge in [-0.3, -0.25) is 4.57 Å². The monoisotopic (exact) mass is 574 g/mol. The van der Waals surface area contributed by atoms with Gasteiger partial charge >= 0.3 is 0 Å². The number of fused-ring (bicyclic) bond motifs is 3. The van der Waals surface area contributed by atoms with E-state index in [1.807, 2.05) is 36.4 Å². The quantitative estimate of drug-likeness (QED) is 0.210. The van der Waals surface area contributed by atoms with Crippen molar-refractivity contribution in [1.82, 2.24) is 19.3 Å². The van der Waals surface area contributed by atoms with Gasteiger partial charge in [-0.15, -0.1) is 10.2 Å². The van der Waals surface area contributed by atoms with Crippen molar-refractivity contribution in [2.75, 3.05) is 0 Å². The van der Waals surface area contributed by atoms with Crippen LogP contribution in [0.1, 0.15) is 52.7 Å². The van der Waals surface area contributed by atoms with Crippen LogP contribution < -0.4 is 0 Å². The fraction of sp³-hybridized carbons (Fsp3) is 0.200. The summed E-state index contributed by atoms with van der Waals surface area (Å²) in [6, 6.07) is 43.3. The Morgan fingerprint density at radius 3 is 1.30 bits per heavy atom. The van der Waals surface area contributed by atoms with Crippen molar-refractivity contribution in [2.24, 2.45) is 0 Å². The zero-order valence-electron chi connectivity index (χ0n) is 26.3. The van der Waals surface area contributed by atoms with E-state index >= 15 is 0 Å². The van der Waals surface area contributed by atoms with E-state index in [0.29, 0.717) is 0 Å². The van der Waals surface area contributed by atoms with Crippen molar-refractivity contribution in [1.29, 1.82) is 0 Å². The van der Waals surface area contributed by atoms with E-state index in [1.54, 1.807) is 0 Å². The summed E-state index contributed by atoms with van der Waals surface area (Å²) >= 11 is 0. The highest BCUT2D eigenvalue weighted by Gasteiger charge is 2.22. The van der Waals surface area contributed by atoms with Crippen LogP contribution >= 0.6 is 0 Å². The minimum atomic E-state index is 0.0558. The lowest BCUT2D eigenvalue weighted by atomic mass is 9.85. The zero-order valence-corrected chi connectivity index (χ0v) is 26.3. The molecule has 0 saturated carbocycles. The van der Waals surface area contributed by atoms with E-state index in [2.05, 4.69) is 136 Å². The lowest BCUT2D eigenvalue weighted by Gasteiger charge is -2.19. The maximum atomic E-state index is 4.70. The van der Waals surface area contributed by atoms with Gasteiger partial charge in [0.15, 0.2) is 11.6 Å². The first-order valence-corrected chi connectivity index (χ1v) is 15.4. The van der Waals surface area contributed by atoms with Crippen molar-refractivity contribution < 1.29 is 0 Å². The van der Waals surface area contributed by atoms with Gasteiger partial charge in [0.25, 0.3) is 0 Å². The summed E-state index contributed by atoms with van der Waals surface area (Å²) in [6.45, 7) is 13.7. The SMILES string of the molecule is CC(C)(C)c1ccc2c(c1)c1cc(C(C)(C)C)ccc1n2-c1cccc(-n2c(-c3ccccc3)nnc2-c2ccccc2)c1. The van der Waals surface area contributed by atoms with Gasteiger partial charge in [0.05, 0.1) is 16.7 Å². The number of aromatic nitrogens is 4. The molecule has 0 bridgehead atoms. The molecule has 0 amide bonds. The van der Waals surface area contributed by atoms with Gasteiger partial charge < -0.3 is 4.57 Å². The van der Waals surface area contributed by atoms with E-state index < -0.39 is 0 Å². The lowest BCUT2D eigenvalue weighted by Crippen LogP contribution is -2.10. The van der Waals surface area contributed by atoms with Crippen LogP contribution in [0.4, 0.5) is 0 Å². The molecule has 4 heteroatoms. The molecule has 2 aromatic heterocycles. The highest BCUT2D eigenvalue weighted by atomic mass is 15.3. The predicted octanol–water partition coefficient (Wildman–Crippen LogP) is 10.3. The molecule has 0 fully saturated rings. The molecular formula is C40H38N4. The van der Waals surface area contributed by atoms with Gasteiger partial charge in [-0.1, -0.05) is 120 Å². The van der Waals surface area contributed by atoms with Crippen LogP contribution in [0.15, 0.2) is 121 Å². The Morgan fingerprint density at radius 2 is 0.864 bits per heavy atom. The molecule has 7 rings (SSSR count). The molecular weight excluding hydrogens is 536 g/mol. The number of hydrogen-bond acceptors (Lipinski definition) is 2. The van der Waals surface area contributed by atoms with Crippen LogP contribution in [0, 0.1) is 0 Å². The smallest absolute Gasteiger partial charge is 0.168 e. The fourth-order valence-corrected chi connectivity index (χ4v) is 6.08. The van der Waals surface area contributed by atoms with E-state index in [0.717, 1.165) is 34.2 Å². The van der Waals surface area contributed by atoms with Gasteiger partial charge in [-0.25, -0.2) is 0 Å². The minimum absolute atomic E-state index is 0.0558. The third-order valence-corrected chi connectivity index (χ3v) is 8.57. The van der Waals surface area contributed by atoms with Crippen LogP contribution in [0.3, 0.4) is 0 Å². The second kappa shape index (κ2) is 10.3. The van der Waals surface area contributed by atoms with Crippen molar-refractivity contribution in [3.63, 3.8) is 0 Å². The Balaban J connectivity index is 1.49. The first-order valence-electron chi connectivity index (χ1n) is 15.4. The first-order chi connectivity index (χ1) is 21.1. The molecule has 4 nitrogen and oxygen atoms in total. The minimum Gasteiger partial charge on any atom is -0.309 e. The summed E-state index contributed by atoms with van der Waals surface area (Å²) in [5.41, 5.74) is 9.34. The molecule has 0 aliphatic rings. The Labute approximate surface area is 259 Å². The maximum absolute atomic E-state index is 4.70. The molecule has 0 saturated heterocycles. The largest absolute Gasteiger partial charge is 0.309 e. The summed E-state index contributed by atoms with van der Waals surface area (Å²) in [4.78, 5) is 0. The van der Waals surface area contributed by atoms with Crippen molar-refractivity contribution in [3.05, 3.63) is 132 Å². The average Bonchev–Trinajstić information content (AvgIpc) is 3.61. The molecule has 0 spiro atoms. The molecule has 0 unspecified atom stereocenters. The van der Waals surface area contributed by atoms with Crippen molar-refractivity contribution in [2.45, 2.75) is 52.4 Å². The molecule has 0 aliphatic carbocycles. The third-order valence-electron chi connectivity index (χ3n) is 8.57. The zero-order chi connectivity index (χ0) is 30.6. The number of hydrogen-bond donors (Lipinski definition) is 0. The summed E-state index contributed by atoms with van der Waals surface area (Å²) in [5.74, 6) is 1.63. The number of benzene rings is 5. The molecule has 2 heterocycles. The second-order valence-electron chi connectivity index (χ2n) is 13.7. The second-order valence-corrected chi connectivity index (χ2v) is 13.7. The van der Waals surface area contributed by atoms with Gasteiger partial charge in [0, 0.05) is 27.6 Å². The highest BCUT2D eigenvalue weighted by molar-refractivity contribution is 6.10. The molecule has 0 aliphatic heterocycles. The summed E-state index contributed by atoms with van der Waals surface area (Å²) in [6.07, 6.45) is 0. The normalized spacial score (nSPS) is 12.3. The predicted molar refractivity (Wildman–Crippen MR) is 184 cm³/mol. The van der Waals surface area contributed by atoms with Gasteiger partial charge in [-0.05, 0) is 64.4 Å². The van der Waals surface area contributed by atoms with Gasteiger partial charge in [0.2, 0.25) is 0 Å². The number of rotatable bonds is 4. The molecule has 0 atom stereocenters. The fourth-order valence-electron chi connectivity index (χ4n) is 6.08. The standard InChI is InChI=1S/C40H38N4/c1-39(2,3)29-20-22-35-33(24-29)34-25-30(40(4,5)6)21-23-36(34)43(35)31-18-13-19-32(26-31)44-37(27-14-9-7-10-15-27)41-42-38(44)28-16-11-8-12-17-28/h7-26H,1-6H3. The number of nitrogens with zero attached hydrogens (tertiary/aromatic N) is 4. The topological polar surface area (TPSA) is 35.6 Å². The van der Waals surface area contributed by atoms with Crippen LogP contribution in [0.25, 0.3) is 56.0 Å². The summed E-state index contributed by atoms with van der Waals surface area (Å²) < 4.78 is 4.58. The van der Waals surface area contributed by atoms with E-state index in [1.165, 1.54) is 32.9 Å². The summed E-state index contributed by atoms with van der Waals surface area (Å²) in [5, 5.41) is 12.0. The van der Waals surface area contributed by atoms with Crippen LogP contribution in [0.5, 0.6) is 0 Å². The maximum Gasteiger partial charge on any atom is 0.168 e. The third kappa shape index (κ3) is 4.81. The van der Waals surface area contributed by atoms with Gasteiger partial charge in [-0.2, -0.15) is 0 Å². The van der Waals surface area contributed by atoms with Crippen LogP contribution in [0.2, 0.25) is 0 Å². The molecule has 0 radical (unpaired) electrons. The Morgan fingerprint density at radius 1 is 0.432 bits per heavy atom. The Bertz CT molecular complexity index is 1990. The van der Waals surface area contributed by atoms with Crippen LogP contribution in [-0.4, -0.2) is 19.3 Å². The molecule has 0 N–H and O–H groups in total. The van der Waals surface area contributed by atoms with Crippen molar-refractivity contribution >= 4 is 21.8 Å². The Kier molecular flexibility index (Phi) is 6.55. The van der Waals surface area contributed by atoms with Gasteiger partial charge in [0.1, 0.15) is 0 Å². The molecule has 44 heavy (non-hydrogen) atoms. The molecule has 5 aromatic carbocycles. The van der Waals surface area contributed by atoms with E-state index in [-0.39, 0.29) is 10.8 Å². The van der Waals surface area contributed by atoms with Crippen molar-refractivity contribution in [3.8, 4) is 34.2 Å². The van der Waals surface area contributed by atoms with E-state index in [9.17, 15) is 0 Å². The Hall–Kier alpha value is -4.96. The van der Waals surface area contributed by atoms with E-state index in [4.69, 9.17) is 10.2 Å². The molecule has 7 aromatic rings. The highest BCUT2D eigenvalue weighted by Crippen LogP contribution is 2.38.